The van der Waals surface area contributed by atoms with Crippen LogP contribution in [0.25, 0.3) is 0 Å². The highest BCUT2D eigenvalue weighted by molar-refractivity contribution is 7.99. The minimum absolute atomic E-state index is 0.213. The standard InChI is InChI=1S/C13H18F3NS/c1-2-3-4-5-8-18-12-7-6-10(9-11(12)17)13(14,15)16/h6-7,9H,2-5,8,17H2,1H3. The molecule has 0 spiro atoms. The number of nitrogen functional groups attached to an aromatic ring is 1. The summed E-state index contributed by atoms with van der Waals surface area (Å²) in [7, 11) is 0. The average Bonchev–Trinajstić information content (AvgIpc) is 2.29. The summed E-state index contributed by atoms with van der Waals surface area (Å²) in [6.07, 6.45) is 0.275. The minimum atomic E-state index is -4.32. The highest BCUT2D eigenvalue weighted by atomic mass is 32.2. The normalized spacial score (nSPS) is 11.8. The van der Waals surface area contributed by atoms with Crippen LogP contribution in [0.5, 0.6) is 0 Å². The first-order valence-corrected chi connectivity index (χ1v) is 7.03. The molecule has 0 bridgehead atoms. The zero-order valence-corrected chi connectivity index (χ0v) is 11.2. The maximum absolute atomic E-state index is 12.4. The van der Waals surface area contributed by atoms with E-state index in [1.54, 1.807) is 0 Å². The fraction of sp³-hybridized carbons (Fsp3) is 0.538. The first-order chi connectivity index (χ1) is 8.45. The Labute approximate surface area is 110 Å². The summed E-state index contributed by atoms with van der Waals surface area (Å²) in [5, 5.41) is 0. The largest absolute Gasteiger partial charge is 0.416 e. The Balaban J connectivity index is 2.53. The molecular formula is C13H18F3NS. The third-order valence-electron chi connectivity index (χ3n) is 2.59. The molecule has 2 N–H and O–H groups in total. The summed E-state index contributed by atoms with van der Waals surface area (Å²) in [6, 6.07) is 3.56. The molecule has 1 aromatic carbocycles. The van der Waals surface area contributed by atoms with Crippen LogP contribution in [-0.4, -0.2) is 5.75 Å². The molecule has 0 amide bonds. The van der Waals surface area contributed by atoms with E-state index in [9.17, 15) is 13.2 Å². The number of thioether (sulfide) groups is 1. The van der Waals surface area contributed by atoms with Gasteiger partial charge in [-0.05, 0) is 30.4 Å². The molecule has 0 heterocycles. The van der Waals surface area contributed by atoms with Gasteiger partial charge in [-0.25, -0.2) is 0 Å². The molecule has 0 saturated carbocycles. The molecule has 0 unspecified atom stereocenters. The van der Waals surface area contributed by atoms with Gasteiger partial charge in [0.2, 0.25) is 0 Å². The number of halogens is 3. The molecule has 1 aromatic rings. The van der Waals surface area contributed by atoms with Crippen LogP contribution in [0.1, 0.15) is 38.2 Å². The number of unbranched alkanes of at least 4 members (excludes halogenated alkanes) is 3. The monoisotopic (exact) mass is 277 g/mol. The lowest BCUT2D eigenvalue weighted by Gasteiger charge is -2.10. The van der Waals surface area contributed by atoms with Crippen molar-refractivity contribution in [2.24, 2.45) is 0 Å². The van der Waals surface area contributed by atoms with Gasteiger partial charge in [0.1, 0.15) is 0 Å². The summed E-state index contributed by atoms with van der Waals surface area (Å²) in [4.78, 5) is 0.736. The van der Waals surface area contributed by atoms with Gasteiger partial charge in [-0.1, -0.05) is 26.2 Å². The predicted octanol–water partition coefficient (Wildman–Crippen LogP) is 4.96. The Kier molecular flexibility index (Phi) is 5.85. The van der Waals surface area contributed by atoms with Crippen molar-refractivity contribution >= 4 is 17.4 Å². The number of alkyl halides is 3. The maximum atomic E-state index is 12.4. The summed E-state index contributed by atoms with van der Waals surface area (Å²) < 4.78 is 37.3. The molecule has 0 aromatic heterocycles. The second-order valence-corrected chi connectivity index (χ2v) is 5.30. The molecule has 0 aliphatic rings. The van der Waals surface area contributed by atoms with Gasteiger partial charge >= 0.3 is 6.18 Å². The van der Waals surface area contributed by atoms with E-state index in [0.717, 1.165) is 35.6 Å². The number of hydrogen-bond donors (Lipinski definition) is 1. The molecule has 18 heavy (non-hydrogen) atoms. The molecular weight excluding hydrogens is 259 g/mol. The third kappa shape index (κ3) is 4.80. The van der Waals surface area contributed by atoms with Crippen LogP contribution < -0.4 is 5.73 Å². The van der Waals surface area contributed by atoms with Crippen molar-refractivity contribution in [2.75, 3.05) is 11.5 Å². The van der Waals surface area contributed by atoms with E-state index in [0.29, 0.717) is 0 Å². The van der Waals surface area contributed by atoms with Gasteiger partial charge < -0.3 is 5.73 Å². The van der Waals surface area contributed by atoms with E-state index < -0.39 is 11.7 Å². The fourth-order valence-corrected chi connectivity index (χ4v) is 2.53. The molecule has 0 radical (unpaired) electrons. The summed E-state index contributed by atoms with van der Waals surface area (Å²) >= 11 is 1.52. The molecule has 1 rings (SSSR count). The molecule has 0 atom stereocenters. The smallest absolute Gasteiger partial charge is 0.398 e. The van der Waals surface area contributed by atoms with Gasteiger partial charge in [0, 0.05) is 10.6 Å². The molecule has 0 aliphatic carbocycles. The van der Waals surface area contributed by atoms with Crippen molar-refractivity contribution in [3.05, 3.63) is 23.8 Å². The van der Waals surface area contributed by atoms with Crippen molar-refractivity contribution in [3.63, 3.8) is 0 Å². The van der Waals surface area contributed by atoms with E-state index >= 15 is 0 Å². The van der Waals surface area contributed by atoms with Crippen molar-refractivity contribution in [3.8, 4) is 0 Å². The molecule has 0 aliphatic heterocycles. The second kappa shape index (κ2) is 6.92. The summed E-state index contributed by atoms with van der Waals surface area (Å²) in [5.41, 5.74) is 5.17. The van der Waals surface area contributed by atoms with Crippen molar-refractivity contribution in [1.82, 2.24) is 0 Å². The highest BCUT2D eigenvalue weighted by Crippen LogP contribution is 2.34. The third-order valence-corrected chi connectivity index (χ3v) is 3.77. The molecule has 1 nitrogen and oxygen atoms in total. The van der Waals surface area contributed by atoms with Gasteiger partial charge in [-0.3, -0.25) is 0 Å². The van der Waals surface area contributed by atoms with Crippen LogP contribution in [0.3, 0.4) is 0 Å². The van der Waals surface area contributed by atoms with E-state index in [1.165, 1.54) is 30.7 Å². The zero-order chi connectivity index (χ0) is 13.6. The predicted molar refractivity (Wildman–Crippen MR) is 70.7 cm³/mol. The SMILES string of the molecule is CCCCCCSc1ccc(C(F)(F)F)cc1N. The molecule has 0 saturated heterocycles. The molecule has 102 valence electrons. The first kappa shape index (κ1) is 15.2. The number of benzene rings is 1. The topological polar surface area (TPSA) is 26.0 Å². The van der Waals surface area contributed by atoms with Crippen LogP contribution in [0.15, 0.2) is 23.1 Å². The van der Waals surface area contributed by atoms with Crippen LogP contribution in [0, 0.1) is 0 Å². The Morgan fingerprint density at radius 1 is 1.17 bits per heavy atom. The molecule has 0 fully saturated rings. The number of anilines is 1. The summed E-state index contributed by atoms with van der Waals surface area (Å²) in [5.74, 6) is 0.898. The van der Waals surface area contributed by atoms with E-state index in [4.69, 9.17) is 5.73 Å². The second-order valence-electron chi connectivity index (χ2n) is 4.16. The van der Waals surface area contributed by atoms with Gasteiger partial charge in [0.25, 0.3) is 0 Å². The van der Waals surface area contributed by atoms with Crippen molar-refractivity contribution < 1.29 is 13.2 Å². The van der Waals surface area contributed by atoms with Crippen LogP contribution in [0.4, 0.5) is 18.9 Å². The van der Waals surface area contributed by atoms with Gasteiger partial charge in [-0.15, -0.1) is 11.8 Å². The van der Waals surface area contributed by atoms with E-state index in [2.05, 4.69) is 6.92 Å². The lowest BCUT2D eigenvalue weighted by Crippen LogP contribution is -2.05. The van der Waals surface area contributed by atoms with Gasteiger partial charge in [0.15, 0.2) is 0 Å². The van der Waals surface area contributed by atoms with Crippen LogP contribution in [0.2, 0.25) is 0 Å². The van der Waals surface area contributed by atoms with Crippen LogP contribution in [-0.2, 0) is 6.18 Å². The number of nitrogens with two attached hydrogens (primary N) is 1. The fourth-order valence-electron chi connectivity index (χ4n) is 1.57. The van der Waals surface area contributed by atoms with Crippen molar-refractivity contribution in [2.45, 2.75) is 43.7 Å². The molecule has 5 heteroatoms. The quantitative estimate of drug-likeness (QED) is 0.452. The zero-order valence-electron chi connectivity index (χ0n) is 10.4. The lowest BCUT2D eigenvalue weighted by atomic mass is 10.2. The number of hydrogen-bond acceptors (Lipinski definition) is 2. The average molecular weight is 277 g/mol. The highest BCUT2D eigenvalue weighted by Gasteiger charge is 2.30. The van der Waals surface area contributed by atoms with E-state index in [1.807, 2.05) is 0 Å². The number of rotatable bonds is 6. The Hall–Kier alpha value is -0.840. The van der Waals surface area contributed by atoms with Gasteiger partial charge in [0.05, 0.1) is 5.56 Å². The first-order valence-electron chi connectivity index (χ1n) is 6.04. The van der Waals surface area contributed by atoms with E-state index in [-0.39, 0.29) is 5.69 Å². The van der Waals surface area contributed by atoms with Crippen LogP contribution >= 0.6 is 11.8 Å². The minimum Gasteiger partial charge on any atom is -0.398 e. The Bertz CT molecular complexity index is 377. The Morgan fingerprint density at radius 2 is 1.89 bits per heavy atom. The Morgan fingerprint density at radius 3 is 2.44 bits per heavy atom. The van der Waals surface area contributed by atoms with Crippen molar-refractivity contribution in [1.29, 1.82) is 0 Å². The maximum Gasteiger partial charge on any atom is 0.416 e. The lowest BCUT2D eigenvalue weighted by molar-refractivity contribution is -0.137. The van der Waals surface area contributed by atoms with Gasteiger partial charge in [-0.2, -0.15) is 13.2 Å². The summed E-state index contributed by atoms with van der Waals surface area (Å²) in [6.45, 7) is 2.14.